The van der Waals surface area contributed by atoms with Gasteiger partial charge in [-0.3, -0.25) is 4.79 Å². The van der Waals surface area contributed by atoms with Crippen molar-refractivity contribution in [1.29, 1.82) is 0 Å². The van der Waals surface area contributed by atoms with Crippen molar-refractivity contribution in [1.82, 2.24) is 15.0 Å². The molecule has 0 spiro atoms. The van der Waals surface area contributed by atoms with Gasteiger partial charge in [-0.25, -0.2) is 14.4 Å². The predicted octanol–water partition coefficient (Wildman–Crippen LogP) is 3.68. The number of rotatable bonds is 4. The van der Waals surface area contributed by atoms with E-state index in [1.165, 1.54) is 6.39 Å². The molecule has 0 saturated heterocycles. The number of aromatic amines is 1. The molecule has 1 amide bonds. The second-order valence-corrected chi connectivity index (χ2v) is 6.52. The summed E-state index contributed by atoms with van der Waals surface area (Å²) in [5.74, 6) is 0.151. The maximum Gasteiger partial charge on any atom is 0.231 e. The maximum absolute atomic E-state index is 13.0. The van der Waals surface area contributed by atoms with Crippen molar-refractivity contribution >= 4 is 33.9 Å². The van der Waals surface area contributed by atoms with Gasteiger partial charge in [0.1, 0.15) is 28.9 Å². The first-order valence-corrected chi connectivity index (χ1v) is 8.48. The van der Waals surface area contributed by atoms with Gasteiger partial charge in [-0.2, -0.15) is 0 Å². The Morgan fingerprint density at radius 3 is 3.00 bits per heavy atom. The number of ether oxygens (including phenoxy) is 1. The van der Waals surface area contributed by atoms with Crippen LogP contribution in [0.5, 0.6) is 5.75 Å². The summed E-state index contributed by atoms with van der Waals surface area (Å²) in [4.78, 5) is 23.6. The highest BCUT2D eigenvalue weighted by molar-refractivity contribution is 6.00. The number of H-pyrrole nitrogens is 1. The van der Waals surface area contributed by atoms with Crippen molar-refractivity contribution in [3.63, 3.8) is 0 Å². The van der Waals surface area contributed by atoms with Crippen LogP contribution in [-0.4, -0.2) is 34.1 Å². The number of hydrogen-bond acceptors (Lipinski definition) is 5. The summed E-state index contributed by atoms with van der Waals surface area (Å²) < 4.78 is 23.8. The van der Waals surface area contributed by atoms with E-state index in [0.29, 0.717) is 22.8 Å². The van der Waals surface area contributed by atoms with E-state index < -0.39 is 12.1 Å². The highest BCUT2D eigenvalue weighted by atomic mass is 19.1. The van der Waals surface area contributed by atoms with E-state index >= 15 is 0 Å². The van der Waals surface area contributed by atoms with Gasteiger partial charge in [-0.1, -0.05) is 0 Å². The molecule has 2 N–H and O–H groups in total. The smallest absolute Gasteiger partial charge is 0.231 e. The number of methoxy groups -OCH3 is 1. The number of fused-ring (bicyclic) bond motifs is 2. The molecule has 0 aliphatic heterocycles. The summed E-state index contributed by atoms with van der Waals surface area (Å²) >= 11 is 0. The molecule has 0 bridgehead atoms. The highest BCUT2D eigenvalue weighted by Crippen LogP contribution is 2.38. The SMILES string of the molecule is COc1cc2ocnc2cc1-c1c[nH]c2nc(NC(=O)[C@@H]3C[C@@H]3F)ccc12. The summed E-state index contributed by atoms with van der Waals surface area (Å²) in [7, 11) is 1.60. The minimum absolute atomic E-state index is 0.283. The number of anilines is 1. The highest BCUT2D eigenvalue weighted by Gasteiger charge is 2.43. The Balaban J connectivity index is 1.54. The predicted molar refractivity (Wildman–Crippen MR) is 97.3 cm³/mol. The van der Waals surface area contributed by atoms with Crippen molar-refractivity contribution in [2.24, 2.45) is 5.92 Å². The molecule has 8 heteroatoms. The molecular formula is C19H15FN4O3. The number of hydrogen-bond donors (Lipinski definition) is 2. The molecule has 7 nitrogen and oxygen atoms in total. The number of benzene rings is 1. The largest absolute Gasteiger partial charge is 0.496 e. The lowest BCUT2D eigenvalue weighted by atomic mass is 10.0. The lowest BCUT2D eigenvalue weighted by molar-refractivity contribution is -0.117. The lowest BCUT2D eigenvalue weighted by Crippen LogP contribution is -2.15. The summed E-state index contributed by atoms with van der Waals surface area (Å²) in [5.41, 5.74) is 3.72. The molecule has 1 aliphatic carbocycles. The zero-order valence-electron chi connectivity index (χ0n) is 14.3. The number of nitrogens with one attached hydrogen (secondary N) is 2. The topological polar surface area (TPSA) is 93.0 Å². The third-order valence-corrected chi connectivity index (χ3v) is 4.78. The van der Waals surface area contributed by atoms with E-state index in [-0.39, 0.29) is 12.3 Å². The fourth-order valence-electron chi connectivity index (χ4n) is 3.22. The fraction of sp³-hybridized carbons (Fsp3) is 0.211. The summed E-state index contributed by atoms with van der Waals surface area (Å²) in [6.07, 6.45) is 2.46. The first kappa shape index (κ1) is 15.8. The number of alkyl halides is 1. The first-order chi connectivity index (χ1) is 13.1. The number of aromatic nitrogens is 3. The van der Waals surface area contributed by atoms with E-state index in [4.69, 9.17) is 9.15 Å². The van der Waals surface area contributed by atoms with Gasteiger partial charge < -0.3 is 19.5 Å². The Labute approximate surface area is 152 Å². The molecule has 4 aromatic rings. The van der Waals surface area contributed by atoms with Crippen LogP contribution in [0.3, 0.4) is 0 Å². The second-order valence-electron chi connectivity index (χ2n) is 6.52. The Kier molecular flexibility index (Phi) is 3.40. The average Bonchev–Trinajstić information content (AvgIpc) is 3.07. The maximum atomic E-state index is 13.0. The van der Waals surface area contributed by atoms with Crippen LogP contribution in [0.25, 0.3) is 33.3 Å². The van der Waals surface area contributed by atoms with Crippen molar-refractivity contribution in [2.45, 2.75) is 12.6 Å². The van der Waals surface area contributed by atoms with Gasteiger partial charge in [0, 0.05) is 28.8 Å². The standard InChI is InChI=1S/C19H15FN4O3/c1-26-15-6-16-14(22-8-27-16)5-10(15)12-7-21-18-9(12)2-3-17(23-18)24-19(25)11-4-13(11)20/h2-3,5-8,11,13H,4H2,1H3,(H2,21,23,24,25)/t11-,13+/m1/s1. The second kappa shape index (κ2) is 5.80. The van der Waals surface area contributed by atoms with Crippen molar-refractivity contribution in [3.05, 3.63) is 36.9 Å². The van der Waals surface area contributed by atoms with E-state index in [9.17, 15) is 9.18 Å². The van der Waals surface area contributed by atoms with Crippen molar-refractivity contribution in [2.75, 3.05) is 12.4 Å². The number of oxazole rings is 1. The number of carbonyl (C=O) groups is 1. The number of carbonyl (C=O) groups excluding carboxylic acids is 1. The molecule has 2 atom stereocenters. The number of halogens is 1. The molecule has 0 unspecified atom stereocenters. The van der Waals surface area contributed by atoms with E-state index in [1.54, 1.807) is 19.2 Å². The van der Waals surface area contributed by atoms with Gasteiger partial charge in [0.05, 0.1) is 13.0 Å². The summed E-state index contributed by atoms with van der Waals surface area (Å²) in [6, 6.07) is 7.25. The first-order valence-electron chi connectivity index (χ1n) is 8.48. The van der Waals surface area contributed by atoms with Gasteiger partial charge in [-0.15, -0.1) is 0 Å². The van der Waals surface area contributed by atoms with Crippen molar-refractivity contribution in [3.8, 4) is 16.9 Å². The molecule has 27 heavy (non-hydrogen) atoms. The van der Waals surface area contributed by atoms with Crippen molar-refractivity contribution < 1.29 is 18.3 Å². The minimum Gasteiger partial charge on any atom is -0.496 e. The van der Waals surface area contributed by atoms with Gasteiger partial charge in [-0.05, 0) is 24.6 Å². The Morgan fingerprint density at radius 2 is 2.22 bits per heavy atom. The van der Waals surface area contributed by atoms with Crippen LogP contribution in [0, 0.1) is 5.92 Å². The molecule has 1 fully saturated rings. The number of pyridine rings is 1. The van der Waals surface area contributed by atoms with E-state index in [0.717, 1.165) is 22.0 Å². The molecule has 136 valence electrons. The van der Waals surface area contributed by atoms with Crippen LogP contribution in [-0.2, 0) is 4.79 Å². The third-order valence-electron chi connectivity index (χ3n) is 4.78. The molecule has 3 aromatic heterocycles. The van der Waals surface area contributed by atoms with Gasteiger partial charge in [0.25, 0.3) is 0 Å². The van der Waals surface area contributed by atoms with Gasteiger partial charge in [0.2, 0.25) is 5.91 Å². The minimum atomic E-state index is -1.04. The van der Waals surface area contributed by atoms with Crippen LogP contribution in [0.1, 0.15) is 6.42 Å². The summed E-state index contributed by atoms with van der Waals surface area (Å²) in [5, 5.41) is 3.53. The molecule has 1 saturated carbocycles. The molecule has 1 aliphatic rings. The third kappa shape index (κ3) is 2.61. The van der Waals surface area contributed by atoms with Crippen LogP contribution < -0.4 is 10.1 Å². The van der Waals surface area contributed by atoms with Gasteiger partial charge >= 0.3 is 0 Å². The number of nitrogens with zero attached hydrogens (tertiary/aromatic N) is 2. The fourth-order valence-corrected chi connectivity index (χ4v) is 3.22. The zero-order chi connectivity index (χ0) is 18.5. The van der Waals surface area contributed by atoms with E-state index in [2.05, 4.69) is 20.3 Å². The Morgan fingerprint density at radius 1 is 1.37 bits per heavy atom. The Hall–Kier alpha value is -3.42. The Bertz CT molecular complexity index is 1180. The van der Waals surface area contributed by atoms with Crippen LogP contribution in [0.4, 0.5) is 10.2 Å². The quantitative estimate of drug-likeness (QED) is 0.575. The molecule has 3 heterocycles. The lowest BCUT2D eigenvalue weighted by Gasteiger charge is -2.08. The monoisotopic (exact) mass is 366 g/mol. The number of amides is 1. The van der Waals surface area contributed by atoms with Crippen LogP contribution >= 0.6 is 0 Å². The molecule has 5 rings (SSSR count). The van der Waals surface area contributed by atoms with Crippen LogP contribution in [0.2, 0.25) is 0 Å². The van der Waals surface area contributed by atoms with Crippen LogP contribution in [0.15, 0.2) is 41.3 Å². The summed E-state index contributed by atoms with van der Waals surface area (Å²) in [6.45, 7) is 0. The van der Waals surface area contributed by atoms with Gasteiger partial charge in [0.15, 0.2) is 12.0 Å². The zero-order valence-corrected chi connectivity index (χ0v) is 14.3. The molecule has 0 radical (unpaired) electrons. The van der Waals surface area contributed by atoms with E-state index in [1.807, 2.05) is 18.3 Å². The normalized spacial score (nSPS) is 18.7. The molecular weight excluding hydrogens is 351 g/mol. The molecule has 1 aromatic carbocycles. The average molecular weight is 366 g/mol.